The summed E-state index contributed by atoms with van der Waals surface area (Å²) in [5.41, 5.74) is 0.833. The van der Waals surface area contributed by atoms with Crippen LogP contribution in [0.25, 0.3) is 22.3 Å². The lowest BCUT2D eigenvalue weighted by molar-refractivity contribution is -0.384. The van der Waals surface area contributed by atoms with E-state index in [-0.39, 0.29) is 56.1 Å². The first-order valence-corrected chi connectivity index (χ1v) is 15.5. The lowest BCUT2D eigenvalue weighted by Crippen LogP contribution is -2.37. The van der Waals surface area contributed by atoms with Gasteiger partial charge < -0.3 is 9.15 Å². The molecule has 45 heavy (non-hydrogen) atoms. The molecule has 0 saturated heterocycles. The summed E-state index contributed by atoms with van der Waals surface area (Å²) < 4.78 is 40.5. The number of nitro groups is 1. The normalized spacial score (nSPS) is 11.7. The molecule has 1 heterocycles. The van der Waals surface area contributed by atoms with Crippen molar-refractivity contribution in [2.45, 2.75) is 38.0 Å². The number of nitro benzene ring substituents is 1. The molecule has 0 fully saturated rings. The van der Waals surface area contributed by atoms with Gasteiger partial charge in [0.15, 0.2) is 0 Å². The summed E-state index contributed by atoms with van der Waals surface area (Å²) in [4.78, 5) is 37.9. The van der Waals surface area contributed by atoms with Crippen molar-refractivity contribution in [2.24, 2.45) is 0 Å². The lowest BCUT2D eigenvalue weighted by atomic mass is 9.87. The minimum Gasteiger partial charge on any atom is -0.462 e. The van der Waals surface area contributed by atoms with Crippen LogP contribution in [0.4, 0.5) is 11.4 Å². The quantitative estimate of drug-likeness (QED) is 0.0980. The van der Waals surface area contributed by atoms with Gasteiger partial charge in [-0.15, -0.1) is 0 Å². The summed E-state index contributed by atoms with van der Waals surface area (Å²) in [6, 6.07) is 24.1. The molecule has 1 aromatic heterocycles. The van der Waals surface area contributed by atoms with E-state index in [4.69, 9.17) is 9.15 Å². The molecule has 0 aliphatic heterocycles. The number of furan rings is 1. The summed E-state index contributed by atoms with van der Waals surface area (Å²) in [5.74, 6) is -1.50. The summed E-state index contributed by atoms with van der Waals surface area (Å²) in [5, 5.41) is 11.7. The molecule has 1 amide bonds. The molecule has 10 nitrogen and oxygen atoms in total. The van der Waals surface area contributed by atoms with Crippen molar-refractivity contribution in [3.05, 3.63) is 124 Å². The number of rotatable bonds is 8. The number of non-ortho nitro benzene ring substituents is 1. The van der Waals surface area contributed by atoms with Crippen LogP contribution >= 0.6 is 0 Å². The molecule has 5 aromatic rings. The van der Waals surface area contributed by atoms with Gasteiger partial charge in [0.25, 0.3) is 21.6 Å². The Labute approximate surface area is 260 Å². The Hall–Kier alpha value is -5.29. The molecule has 0 aliphatic carbocycles. The van der Waals surface area contributed by atoms with E-state index < -0.39 is 26.8 Å². The van der Waals surface area contributed by atoms with E-state index in [2.05, 4.69) is 0 Å². The number of carbonyl (C=O) groups is 2. The number of fused-ring (bicyclic) bond motifs is 1. The molecule has 0 N–H and O–H groups in total. The van der Waals surface area contributed by atoms with Crippen molar-refractivity contribution >= 4 is 44.2 Å². The molecule has 0 radical (unpaired) electrons. The van der Waals surface area contributed by atoms with Gasteiger partial charge in [-0.05, 0) is 54.3 Å². The molecule has 0 bridgehead atoms. The second-order valence-corrected chi connectivity index (χ2v) is 13.0. The smallest absolute Gasteiger partial charge is 0.342 e. The van der Waals surface area contributed by atoms with Crippen LogP contribution in [0, 0.1) is 10.1 Å². The van der Waals surface area contributed by atoms with E-state index in [0.29, 0.717) is 9.87 Å². The molecular weight excluding hydrogens is 596 g/mol. The summed E-state index contributed by atoms with van der Waals surface area (Å²) in [6.45, 7) is 7.69. The van der Waals surface area contributed by atoms with Crippen LogP contribution in [0.15, 0.2) is 106 Å². The van der Waals surface area contributed by atoms with Gasteiger partial charge in [-0.1, -0.05) is 69.3 Å². The first-order valence-electron chi connectivity index (χ1n) is 14.1. The lowest BCUT2D eigenvalue weighted by Gasteiger charge is -2.24. The van der Waals surface area contributed by atoms with E-state index in [0.717, 1.165) is 11.6 Å². The highest BCUT2D eigenvalue weighted by Crippen LogP contribution is 2.38. The fraction of sp³-hybridized carbons (Fsp3) is 0.176. The number of anilines is 1. The molecule has 0 saturated carbocycles. The third kappa shape index (κ3) is 6.07. The van der Waals surface area contributed by atoms with E-state index in [1.54, 1.807) is 43.3 Å². The minimum atomic E-state index is -4.59. The van der Waals surface area contributed by atoms with Crippen LogP contribution in [0.5, 0.6) is 0 Å². The largest absolute Gasteiger partial charge is 0.462 e. The number of ether oxygens (including phenoxy) is 1. The van der Waals surface area contributed by atoms with Gasteiger partial charge in [0.05, 0.1) is 22.1 Å². The van der Waals surface area contributed by atoms with E-state index in [1.807, 2.05) is 26.8 Å². The molecule has 4 aromatic carbocycles. The zero-order chi connectivity index (χ0) is 32.5. The fourth-order valence-electron chi connectivity index (χ4n) is 4.88. The molecule has 5 rings (SSSR count). The Morgan fingerprint density at radius 1 is 0.911 bits per heavy atom. The summed E-state index contributed by atoms with van der Waals surface area (Å²) in [7, 11) is -4.59. The molecule has 0 spiro atoms. The molecule has 11 heteroatoms. The Morgan fingerprint density at radius 3 is 2.22 bits per heavy atom. The van der Waals surface area contributed by atoms with Crippen molar-refractivity contribution in [3.63, 3.8) is 0 Å². The zero-order valence-electron chi connectivity index (χ0n) is 25.0. The van der Waals surface area contributed by atoms with Gasteiger partial charge in [0.1, 0.15) is 16.9 Å². The fourth-order valence-corrected chi connectivity index (χ4v) is 6.28. The summed E-state index contributed by atoms with van der Waals surface area (Å²) >= 11 is 0. The maximum Gasteiger partial charge on any atom is 0.342 e. The van der Waals surface area contributed by atoms with Crippen LogP contribution < -0.4 is 4.31 Å². The number of amides is 1. The molecule has 0 atom stereocenters. The highest BCUT2D eigenvalue weighted by atomic mass is 32.2. The van der Waals surface area contributed by atoms with Crippen molar-refractivity contribution in [1.82, 2.24) is 0 Å². The second-order valence-electron chi connectivity index (χ2n) is 11.2. The van der Waals surface area contributed by atoms with Gasteiger partial charge in [-0.3, -0.25) is 14.9 Å². The van der Waals surface area contributed by atoms with Crippen molar-refractivity contribution in [1.29, 1.82) is 0 Å². The van der Waals surface area contributed by atoms with Crippen molar-refractivity contribution < 1.29 is 32.1 Å². The molecular formula is C34H30N2O8S. The molecule has 230 valence electrons. The topological polar surface area (TPSA) is 137 Å². The van der Waals surface area contributed by atoms with Gasteiger partial charge in [-0.2, -0.15) is 4.31 Å². The number of esters is 1. The SMILES string of the molecule is CCOC(=O)c1c(-c2ccccc2)oc2ccc(N(C(=O)c3cccc([N+](=O)[O-])c3)S(=O)(=O)c3ccc(C(C)(C)C)cc3)cc12. The van der Waals surface area contributed by atoms with Gasteiger partial charge in [0.2, 0.25) is 0 Å². The van der Waals surface area contributed by atoms with Gasteiger partial charge >= 0.3 is 5.97 Å². The highest BCUT2D eigenvalue weighted by molar-refractivity contribution is 7.93. The van der Waals surface area contributed by atoms with Crippen molar-refractivity contribution in [3.8, 4) is 11.3 Å². The van der Waals surface area contributed by atoms with Crippen molar-refractivity contribution in [2.75, 3.05) is 10.9 Å². The molecule has 0 unspecified atom stereocenters. The number of benzene rings is 4. The Balaban J connectivity index is 1.74. The first-order chi connectivity index (χ1) is 21.3. The number of hydrogen-bond donors (Lipinski definition) is 0. The number of carbonyl (C=O) groups excluding carboxylic acids is 2. The third-order valence-electron chi connectivity index (χ3n) is 7.17. The van der Waals surface area contributed by atoms with Crippen LogP contribution in [-0.4, -0.2) is 31.8 Å². The highest BCUT2D eigenvalue weighted by Gasteiger charge is 2.34. The predicted octanol–water partition coefficient (Wildman–Crippen LogP) is 7.52. The van der Waals surface area contributed by atoms with E-state index in [9.17, 15) is 28.1 Å². The average molecular weight is 627 g/mol. The zero-order valence-corrected chi connectivity index (χ0v) is 25.8. The van der Waals surface area contributed by atoms with Crippen LogP contribution in [-0.2, 0) is 20.2 Å². The Kier molecular flexibility index (Phi) is 8.31. The number of sulfonamides is 1. The Bertz CT molecular complexity index is 2030. The summed E-state index contributed by atoms with van der Waals surface area (Å²) in [6.07, 6.45) is 0. The van der Waals surface area contributed by atoms with Gasteiger partial charge in [0, 0.05) is 28.6 Å². The van der Waals surface area contributed by atoms with E-state index >= 15 is 0 Å². The number of hydrogen-bond acceptors (Lipinski definition) is 8. The average Bonchev–Trinajstić information content (AvgIpc) is 3.40. The van der Waals surface area contributed by atoms with E-state index in [1.165, 1.54) is 48.5 Å². The maximum atomic E-state index is 14.3. The van der Waals surface area contributed by atoms with Crippen LogP contribution in [0.2, 0.25) is 0 Å². The second kappa shape index (κ2) is 12.0. The standard InChI is InChI=1S/C34H30N2O8S/c1-5-43-33(38)30-28-21-25(16-19-29(28)44-31(30)22-10-7-6-8-11-22)35(32(37)23-12-9-13-26(20-23)36(39)40)45(41,42)27-17-14-24(15-18-27)34(2,3)4/h6-21H,5H2,1-4H3. The maximum absolute atomic E-state index is 14.3. The Morgan fingerprint density at radius 2 is 1.60 bits per heavy atom. The van der Waals surface area contributed by atoms with Crippen LogP contribution in [0.1, 0.15) is 54.0 Å². The minimum absolute atomic E-state index is 0.0644. The first kappa shape index (κ1) is 31.1. The molecule has 0 aliphatic rings. The van der Waals surface area contributed by atoms with Gasteiger partial charge in [-0.25, -0.2) is 13.2 Å². The third-order valence-corrected chi connectivity index (χ3v) is 8.89. The van der Waals surface area contributed by atoms with Crippen LogP contribution in [0.3, 0.4) is 0 Å². The number of nitrogens with zero attached hydrogens (tertiary/aromatic N) is 2. The monoisotopic (exact) mass is 626 g/mol. The predicted molar refractivity (Wildman–Crippen MR) is 170 cm³/mol.